The van der Waals surface area contributed by atoms with Crippen molar-refractivity contribution in [1.82, 2.24) is 10.6 Å². The van der Waals surface area contributed by atoms with E-state index in [9.17, 15) is 20.0 Å². The summed E-state index contributed by atoms with van der Waals surface area (Å²) in [6.45, 7) is -0.102. The number of halogens is 1. The van der Waals surface area contributed by atoms with E-state index in [1.165, 1.54) is 43.0 Å². The number of hydrogen-bond acceptors (Lipinski definition) is 6. The molecular weight excluding hydrogens is 598 g/mol. The largest absolute Gasteiger partial charge is 0.479 e. The molecule has 228 valence electrons. The van der Waals surface area contributed by atoms with Gasteiger partial charge in [0.25, 0.3) is 5.91 Å². The summed E-state index contributed by atoms with van der Waals surface area (Å²) in [5.74, 6) is -1.09. The SMILES string of the molecule is N#CNC(=NC(C=S)c1ccc(Cl)cc1)N(Cc1ccc(C(=O)NC[C@@H](O)C(=O)O)cc1)c1ccc(C2CCCCC2)cc1. The number of nitriles is 1. The molecule has 0 spiro atoms. The van der Waals surface area contributed by atoms with Crippen LogP contribution in [0.4, 0.5) is 5.69 Å². The minimum absolute atomic E-state index is 0.295. The molecule has 0 bridgehead atoms. The van der Waals surface area contributed by atoms with Crippen LogP contribution in [0.15, 0.2) is 77.8 Å². The minimum atomic E-state index is -1.69. The van der Waals surface area contributed by atoms with Crippen LogP contribution in [0.25, 0.3) is 0 Å². The molecule has 2 atom stereocenters. The summed E-state index contributed by atoms with van der Waals surface area (Å²) in [5.41, 5.74) is 4.05. The number of anilines is 1. The van der Waals surface area contributed by atoms with Crippen molar-refractivity contribution in [3.63, 3.8) is 0 Å². The van der Waals surface area contributed by atoms with Gasteiger partial charge in [-0.2, -0.15) is 5.26 Å². The molecule has 0 radical (unpaired) electrons. The average Bonchev–Trinajstić information content (AvgIpc) is 3.05. The van der Waals surface area contributed by atoms with Crippen molar-refractivity contribution in [3.05, 3.63) is 100 Å². The zero-order chi connectivity index (χ0) is 31.5. The number of amides is 1. The lowest BCUT2D eigenvalue weighted by Crippen LogP contribution is -2.39. The van der Waals surface area contributed by atoms with Crippen molar-refractivity contribution in [1.29, 1.82) is 5.26 Å². The predicted octanol–water partition coefficient (Wildman–Crippen LogP) is 5.74. The Morgan fingerprint density at radius 3 is 2.30 bits per heavy atom. The van der Waals surface area contributed by atoms with Crippen LogP contribution in [0.3, 0.4) is 0 Å². The first kappa shape index (κ1) is 32.6. The van der Waals surface area contributed by atoms with Crippen molar-refractivity contribution >= 4 is 52.7 Å². The lowest BCUT2D eigenvalue weighted by Gasteiger charge is -2.27. The minimum Gasteiger partial charge on any atom is -0.479 e. The normalized spacial score (nSPS) is 15.0. The summed E-state index contributed by atoms with van der Waals surface area (Å²) in [6, 6.07) is 21.8. The van der Waals surface area contributed by atoms with Gasteiger partial charge in [0, 0.05) is 21.6 Å². The summed E-state index contributed by atoms with van der Waals surface area (Å²) in [7, 11) is 0. The number of nitrogens with zero attached hydrogens (tertiary/aromatic N) is 3. The van der Waals surface area contributed by atoms with E-state index in [1.807, 2.05) is 35.4 Å². The van der Waals surface area contributed by atoms with Gasteiger partial charge in [0.15, 0.2) is 12.3 Å². The highest BCUT2D eigenvalue weighted by Crippen LogP contribution is 2.33. The molecule has 1 aliphatic rings. The fourth-order valence-corrected chi connectivity index (χ4v) is 5.51. The summed E-state index contributed by atoms with van der Waals surface area (Å²) < 4.78 is 0. The smallest absolute Gasteiger partial charge is 0.334 e. The van der Waals surface area contributed by atoms with Gasteiger partial charge in [-0.1, -0.05) is 79.5 Å². The van der Waals surface area contributed by atoms with Crippen LogP contribution >= 0.6 is 23.8 Å². The fourth-order valence-electron chi connectivity index (χ4n) is 5.17. The topological polar surface area (TPSA) is 138 Å². The number of carboxylic acids is 1. The molecule has 44 heavy (non-hydrogen) atoms. The number of guanidine groups is 1. The van der Waals surface area contributed by atoms with Gasteiger partial charge in [-0.05, 0) is 71.8 Å². The van der Waals surface area contributed by atoms with Gasteiger partial charge < -0.3 is 20.4 Å². The van der Waals surface area contributed by atoms with E-state index in [0.717, 1.165) is 16.8 Å². The fraction of sp³-hybridized carbons (Fsp3) is 0.303. The second-order valence-corrected chi connectivity index (χ2v) is 11.3. The molecule has 4 N–H and O–H groups in total. The standard InChI is InChI=1S/C33H34ClN5O4S/c34-27-14-10-25(11-15-27)29(20-44)38-33(37-21-35)39(28-16-12-24(13-17-28)23-4-2-1-3-5-23)19-22-6-8-26(9-7-22)31(41)36-18-30(40)32(42)43/h6-17,20,23,29-30,40H,1-5,18-19H2,(H,36,41)(H,37,38)(H,42,43)/t29?,30-/m1/s1. The van der Waals surface area contributed by atoms with Crippen molar-refractivity contribution in [2.24, 2.45) is 4.99 Å². The van der Waals surface area contributed by atoms with Crippen molar-refractivity contribution in [2.45, 2.75) is 56.7 Å². The summed E-state index contributed by atoms with van der Waals surface area (Å²) in [6.07, 6.45) is 6.42. The Morgan fingerprint density at radius 2 is 1.70 bits per heavy atom. The Labute approximate surface area is 267 Å². The molecule has 1 aliphatic carbocycles. The Morgan fingerprint density at radius 1 is 1.05 bits per heavy atom. The molecule has 1 saturated carbocycles. The van der Waals surface area contributed by atoms with Crippen LogP contribution in [0, 0.1) is 11.5 Å². The van der Waals surface area contributed by atoms with Gasteiger partial charge in [-0.15, -0.1) is 0 Å². The maximum Gasteiger partial charge on any atom is 0.334 e. The number of hydrogen-bond donors (Lipinski definition) is 4. The second-order valence-electron chi connectivity index (χ2n) is 10.6. The number of aliphatic carboxylic acids is 1. The van der Waals surface area contributed by atoms with Gasteiger partial charge in [-0.25, -0.2) is 9.79 Å². The van der Waals surface area contributed by atoms with Crippen molar-refractivity contribution < 1.29 is 19.8 Å². The van der Waals surface area contributed by atoms with Crippen molar-refractivity contribution in [2.75, 3.05) is 11.4 Å². The first-order valence-corrected chi connectivity index (χ1v) is 15.2. The Kier molecular flexibility index (Phi) is 11.8. The van der Waals surface area contributed by atoms with Crippen molar-refractivity contribution in [3.8, 4) is 6.19 Å². The van der Waals surface area contributed by atoms with Crippen LogP contribution in [0.5, 0.6) is 0 Å². The molecule has 0 saturated heterocycles. The van der Waals surface area contributed by atoms with E-state index in [2.05, 4.69) is 22.8 Å². The number of carbonyl (C=O) groups is 2. The van der Waals surface area contributed by atoms with Crippen LogP contribution in [-0.2, 0) is 11.3 Å². The maximum atomic E-state index is 12.5. The Balaban J connectivity index is 1.64. The lowest BCUT2D eigenvalue weighted by molar-refractivity contribution is -0.146. The first-order valence-electron chi connectivity index (χ1n) is 14.4. The summed E-state index contributed by atoms with van der Waals surface area (Å²) in [5, 5.41) is 35.3. The number of aliphatic imine (C=N–C) groups is 1. The monoisotopic (exact) mass is 631 g/mol. The number of aliphatic hydroxyl groups is 1. The molecule has 0 aliphatic heterocycles. The van der Waals surface area contributed by atoms with Gasteiger partial charge >= 0.3 is 5.97 Å². The van der Waals surface area contributed by atoms with E-state index in [1.54, 1.807) is 36.4 Å². The highest BCUT2D eigenvalue weighted by molar-refractivity contribution is 7.79. The highest BCUT2D eigenvalue weighted by atomic mass is 35.5. The molecule has 1 fully saturated rings. The third-order valence-corrected chi connectivity index (χ3v) is 8.11. The number of benzene rings is 3. The first-order chi connectivity index (χ1) is 21.3. The molecule has 4 rings (SSSR count). The number of rotatable bonds is 11. The van der Waals surface area contributed by atoms with Crippen LogP contribution < -0.4 is 15.5 Å². The van der Waals surface area contributed by atoms with E-state index in [-0.39, 0.29) is 0 Å². The number of thiocarbonyl (C=S) groups is 1. The van der Waals surface area contributed by atoms with E-state index < -0.39 is 30.6 Å². The number of aliphatic hydroxyl groups excluding tert-OH is 1. The molecule has 1 unspecified atom stereocenters. The molecule has 9 nitrogen and oxygen atoms in total. The Hall–Kier alpha value is -4.30. The summed E-state index contributed by atoms with van der Waals surface area (Å²) >= 11 is 11.4. The molecule has 11 heteroatoms. The van der Waals surface area contributed by atoms with Crippen LogP contribution in [0.2, 0.25) is 5.02 Å². The second kappa shape index (κ2) is 16.0. The zero-order valence-corrected chi connectivity index (χ0v) is 25.6. The number of nitrogens with one attached hydrogen (secondary N) is 2. The van der Waals surface area contributed by atoms with E-state index in [0.29, 0.717) is 29.0 Å². The lowest BCUT2D eigenvalue weighted by atomic mass is 9.84. The number of carbonyl (C=O) groups excluding carboxylic acids is 1. The van der Waals surface area contributed by atoms with Gasteiger partial charge in [0.05, 0.1) is 13.1 Å². The summed E-state index contributed by atoms with van der Waals surface area (Å²) in [4.78, 5) is 30.0. The molecule has 0 heterocycles. The molecule has 3 aromatic carbocycles. The number of carboxylic acid groups (broad SMARTS) is 1. The van der Waals surface area contributed by atoms with Gasteiger partial charge in [0.2, 0.25) is 5.96 Å². The molecule has 1 amide bonds. The third-order valence-electron chi connectivity index (χ3n) is 7.60. The average molecular weight is 632 g/mol. The quantitative estimate of drug-likeness (QED) is 0.0691. The maximum absolute atomic E-state index is 12.5. The molecule has 0 aromatic heterocycles. The zero-order valence-electron chi connectivity index (χ0n) is 24.0. The van der Waals surface area contributed by atoms with Crippen LogP contribution in [-0.4, -0.2) is 46.1 Å². The predicted molar refractivity (Wildman–Crippen MR) is 175 cm³/mol. The van der Waals surface area contributed by atoms with E-state index in [4.69, 9.17) is 33.9 Å². The van der Waals surface area contributed by atoms with E-state index >= 15 is 0 Å². The highest BCUT2D eigenvalue weighted by Gasteiger charge is 2.21. The van der Waals surface area contributed by atoms with Gasteiger partial charge in [0.1, 0.15) is 6.04 Å². The van der Waals surface area contributed by atoms with Crippen LogP contribution in [0.1, 0.15) is 71.1 Å². The molecular formula is C33H34ClN5O4S. The molecule has 3 aromatic rings. The van der Waals surface area contributed by atoms with Gasteiger partial charge in [-0.3, -0.25) is 10.1 Å². The third kappa shape index (κ3) is 8.86. The Bertz CT molecular complexity index is 1500.